The molecular formula is C15H25N5O2. The minimum absolute atomic E-state index is 0.00210. The van der Waals surface area contributed by atoms with Gasteiger partial charge in [0.05, 0.1) is 31.5 Å². The van der Waals surface area contributed by atoms with Crippen LogP contribution in [-0.4, -0.2) is 84.0 Å². The molecule has 1 aromatic heterocycles. The minimum Gasteiger partial charge on any atom is -0.378 e. The Labute approximate surface area is 131 Å². The van der Waals surface area contributed by atoms with Gasteiger partial charge in [0.15, 0.2) is 0 Å². The summed E-state index contributed by atoms with van der Waals surface area (Å²) in [5.74, 6) is -0.00210. The maximum Gasteiger partial charge on any atom is 0.242 e. The number of aryl methyl sites for hydroxylation is 1. The highest BCUT2D eigenvalue weighted by atomic mass is 16.5. The molecule has 2 aliphatic heterocycles. The second kappa shape index (κ2) is 6.76. The van der Waals surface area contributed by atoms with Crippen LogP contribution < -0.4 is 5.32 Å². The molecule has 122 valence electrons. The van der Waals surface area contributed by atoms with Crippen molar-refractivity contribution in [3.63, 3.8) is 0 Å². The molecule has 22 heavy (non-hydrogen) atoms. The molecule has 0 radical (unpaired) electrons. The molecule has 0 aliphatic carbocycles. The third kappa shape index (κ3) is 3.66. The number of carbonyl (C=O) groups is 1. The number of aromatic nitrogens is 2. The van der Waals surface area contributed by atoms with Gasteiger partial charge < -0.3 is 15.0 Å². The number of nitrogens with one attached hydrogen (secondary N) is 1. The average molecular weight is 307 g/mol. The molecule has 1 N–H and O–H groups in total. The number of hydrogen-bond acceptors (Lipinski definition) is 5. The van der Waals surface area contributed by atoms with Gasteiger partial charge in [-0.15, -0.1) is 0 Å². The molecule has 2 fully saturated rings. The lowest BCUT2D eigenvalue weighted by atomic mass is 10.1. The fourth-order valence-corrected chi connectivity index (χ4v) is 3.15. The van der Waals surface area contributed by atoms with Gasteiger partial charge in [-0.25, -0.2) is 0 Å². The van der Waals surface area contributed by atoms with Crippen LogP contribution in [0.5, 0.6) is 0 Å². The van der Waals surface area contributed by atoms with Crippen molar-refractivity contribution in [2.75, 3.05) is 46.4 Å². The second-order valence-corrected chi connectivity index (χ2v) is 6.33. The van der Waals surface area contributed by atoms with E-state index >= 15 is 0 Å². The zero-order chi connectivity index (χ0) is 15.5. The van der Waals surface area contributed by atoms with Crippen LogP contribution >= 0.6 is 0 Å². The lowest BCUT2D eigenvalue weighted by Gasteiger charge is -2.38. The molecule has 7 heteroatoms. The number of amides is 1. The van der Waals surface area contributed by atoms with Gasteiger partial charge in [0.25, 0.3) is 0 Å². The Morgan fingerprint density at radius 1 is 1.36 bits per heavy atom. The van der Waals surface area contributed by atoms with Crippen molar-refractivity contribution in [1.82, 2.24) is 24.9 Å². The number of carbonyl (C=O) groups excluding carboxylic acids is 1. The Balaban J connectivity index is 1.53. The molecule has 3 rings (SSSR count). The minimum atomic E-state index is -0.00210. The van der Waals surface area contributed by atoms with Crippen LogP contribution in [0.25, 0.3) is 0 Å². The van der Waals surface area contributed by atoms with Crippen molar-refractivity contribution in [3.8, 4) is 0 Å². The van der Waals surface area contributed by atoms with E-state index in [4.69, 9.17) is 4.74 Å². The lowest BCUT2D eigenvalue weighted by molar-refractivity contribution is -0.122. The van der Waals surface area contributed by atoms with Crippen molar-refractivity contribution in [2.24, 2.45) is 0 Å². The number of ether oxygens (including phenoxy) is 1. The summed E-state index contributed by atoms with van der Waals surface area (Å²) in [4.78, 5) is 17.0. The monoisotopic (exact) mass is 307 g/mol. The Bertz CT molecular complexity index is 510. The molecule has 1 aromatic rings. The van der Waals surface area contributed by atoms with Crippen molar-refractivity contribution in [3.05, 3.63) is 18.0 Å². The SMILES string of the molecule is Cc1cnn(CC(=O)N[C@H]2COC[C@@H]2N2CCN(C)CC2)c1. The van der Waals surface area contributed by atoms with Gasteiger partial charge in [0.2, 0.25) is 5.91 Å². The first-order valence-electron chi connectivity index (χ1n) is 7.90. The van der Waals surface area contributed by atoms with Crippen LogP contribution in [0.2, 0.25) is 0 Å². The van der Waals surface area contributed by atoms with E-state index in [1.807, 2.05) is 13.1 Å². The predicted molar refractivity (Wildman–Crippen MR) is 82.6 cm³/mol. The topological polar surface area (TPSA) is 62.6 Å². The number of hydrogen-bond donors (Lipinski definition) is 1. The summed E-state index contributed by atoms with van der Waals surface area (Å²) < 4.78 is 7.28. The van der Waals surface area contributed by atoms with E-state index in [0.29, 0.717) is 13.2 Å². The van der Waals surface area contributed by atoms with E-state index in [2.05, 4.69) is 27.3 Å². The van der Waals surface area contributed by atoms with Crippen molar-refractivity contribution in [2.45, 2.75) is 25.6 Å². The maximum atomic E-state index is 12.2. The van der Waals surface area contributed by atoms with Crippen LogP contribution in [0.4, 0.5) is 0 Å². The maximum absolute atomic E-state index is 12.2. The number of nitrogens with zero attached hydrogens (tertiary/aromatic N) is 4. The summed E-state index contributed by atoms with van der Waals surface area (Å²) in [7, 11) is 2.15. The molecule has 0 unspecified atom stereocenters. The summed E-state index contributed by atoms with van der Waals surface area (Å²) in [6, 6.07) is 0.365. The quantitative estimate of drug-likeness (QED) is 0.799. The third-order valence-electron chi connectivity index (χ3n) is 4.47. The molecule has 2 aliphatic rings. The number of likely N-dealkylation sites (N-methyl/N-ethyl adjacent to an activating group) is 1. The van der Waals surface area contributed by atoms with Gasteiger partial charge in [0, 0.05) is 32.4 Å². The largest absolute Gasteiger partial charge is 0.378 e. The van der Waals surface area contributed by atoms with Gasteiger partial charge >= 0.3 is 0 Å². The van der Waals surface area contributed by atoms with E-state index in [9.17, 15) is 4.79 Å². The first kappa shape index (κ1) is 15.5. The highest BCUT2D eigenvalue weighted by Gasteiger charge is 2.35. The smallest absolute Gasteiger partial charge is 0.242 e. The van der Waals surface area contributed by atoms with Crippen molar-refractivity contribution in [1.29, 1.82) is 0 Å². The summed E-state index contributed by atoms with van der Waals surface area (Å²) >= 11 is 0. The van der Waals surface area contributed by atoms with Crippen LogP contribution in [0, 0.1) is 6.92 Å². The summed E-state index contributed by atoms with van der Waals surface area (Å²) in [5.41, 5.74) is 1.06. The number of rotatable bonds is 4. The van der Waals surface area contributed by atoms with E-state index in [1.165, 1.54) is 0 Å². The molecule has 0 aromatic carbocycles. The van der Waals surface area contributed by atoms with E-state index in [1.54, 1.807) is 10.9 Å². The Morgan fingerprint density at radius 2 is 2.14 bits per heavy atom. The van der Waals surface area contributed by atoms with Crippen molar-refractivity contribution >= 4 is 5.91 Å². The molecule has 0 saturated carbocycles. The predicted octanol–water partition coefficient (Wildman–Crippen LogP) is -0.677. The third-order valence-corrected chi connectivity index (χ3v) is 4.47. The summed E-state index contributed by atoms with van der Waals surface area (Å²) in [6.07, 6.45) is 3.64. The molecule has 2 atom stereocenters. The van der Waals surface area contributed by atoms with E-state index in [-0.39, 0.29) is 24.5 Å². The molecule has 0 spiro atoms. The van der Waals surface area contributed by atoms with Gasteiger partial charge in [-0.2, -0.15) is 5.10 Å². The van der Waals surface area contributed by atoms with Gasteiger partial charge in [-0.05, 0) is 19.5 Å². The molecule has 0 bridgehead atoms. The van der Waals surface area contributed by atoms with Crippen LogP contribution in [-0.2, 0) is 16.1 Å². The van der Waals surface area contributed by atoms with E-state index in [0.717, 1.165) is 31.7 Å². The first-order chi connectivity index (χ1) is 10.6. The van der Waals surface area contributed by atoms with Crippen molar-refractivity contribution < 1.29 is 9.53 Å². The molecule has 7 nitrogen and oxygen atoms in total. The zero-order valence-electron chi connectivity index (χ0n) is 13.4. The van der Waals surface area contributed by atoms with Gasteiger partial charge in [-0.3, -0.25) is 14.4 Å². The standard InChI is InChI=1S/C15H25N5O2/c1-12-7-16-20(8-12)9-15(21)17-13-10-22-11-14(13)19-5-3-18(2)4-6-19/h7-8,13-14H,3-6,9-11H2,1-2H3,(H,17,21)/t13-,14-/m0/s1. The van der Waals surface area contributed by atoms with Gasteiger partial charge in [0.1, 0.15) is 6.54 Å². The highest BCUT2D eigenvalue weighted by molar-refractivity contribution is 5.76. The normalized spacial score (nSPS) is 27.2. The fraction of sp³-hybridized carbons (Fsp3) is 0.733. The Kier molecular flexibility index (Phi) is 4.75. The first-order valence-corrected chi connectivity index (χ1v) is 7.90. The summed E-state index contributed by atoms with van der Waals surface area (Å²) in [5, 5.41) is 7.27. The fourth-order valence-electron chi connectivity index (χ4n) is 3.15. The molecular weight excluding hydrogens is 282 g/mol. The Morgan fingerprint density at radius 3 is 2.82 bits per heavy atom. The summed E-state index contributed by atoms with van der Waals surface area (Å²) in [6.45, 7) is 7.75. The molecule has 1 amide bonds. The van der Waals surface area contributed by atoms with Crippen LogP contribution in [0.3, 0.4) is 0 Å². The van der Waals surface area contributed by atoms with Gasteiger partial charge in [-0.1, -0.05) is 0 Å². The molecule has 3 heterocycles. The Hall–Kier alpha value is -1.44. The second-order valence-electron chi connectivity index (χ2n) is 6.33. The average Bonchev–Trinajstić information content (AvgIpc) is 3.09. The zero-order valence-corrected chi connectivity index (χ0v) is 13.4. The van der Waals surface area contributed by atoms with Crippen LogP contribution in [0.15, 0.2) is 12.4 Å². The highest BCUT2D eigenvalue weighted by Crippen LogP contribution is 2.15. The molecule has 2 saturated heterocycles. The lowest BCUT2D eigenvalue weighted by Crippen LogP contribution is -2.56. The van der Waals surface area contributed by atoms with E-state index < -0.39 is 0 Å². The number of piperazine rings is 1. The van der Waals surface area contributed by atoms with Crippen LogP contribution in [0.1, 0.15) is 5.56 Å².